The van der Waals surface area contributed by atoms with Crippen LogP contribution in [0.15, 0.2) is 36.5 Å². The van der Waals surface area contributed by atoms with E-state index in [9.17, 15) is 23.1 Å². The Balaban J connectivity index is 1.66. The average Bonchev–Trinajstić information content (AvgIpc) is 2.73. The minimum atomic E-state index is -4.57. The molecular weight excluding hydrogens is 425 g/mol. The minimum Gasteiger partial charge on any atom is -0.507 e. The third-order valence-electron chi connectivity index (χ3n) is 5.34. The number of nitrogens with one attached hydrogen (secondary N) is 1. The summed E-state index contributed by atoms with van der Waals surface area (Å²) in [5, 5.41) is 22.6. The van der Waals surface area contributed by atoms with E-state index in [1.807, 2.05) is 4.90 Å². The Labute approximate surface area is 181 Å². The van der Waals surface area contributed by atoms with Crippen LogP contribution in [0.1, 0.15) is 18.4 Å². The number of aromatic nitrogens is 3. The third-order valence-corrected chi connectivity index (χ3v) is 5.34. The first kappa shape index (κ1) is 21.8. The number of fused-ring (bicyclic) bond motifs is 1. The number of nitrogens with two attached hydrogens (primary N) is 1. The zero-order valence-corrected chi connectivity index (χ0v) is 16.9. The number of hydrogen-bond acceptors (Lipinski definition) is 7. The van der Waals surface area contributed by atoms with Crippen LogP contribution < -0.4 is 11.1 Å². The van der Waals surface area contributed by atoms with Crippen molar-refractivity contribution in [2.45, 2.75) is 25.1 Å². The predicted molar refractivity (Wildman–Crippen MR) is 112 cm³/mol. The molecule has 32 heavy (non-hydrogen) atoms. The summed E-state index contributed by atoms with van der Waals surface area (Å²) in [7, 11) is 0. The second kappa shape index (κ2) is 8.58. The molecule has 168 valence electrons. The van der Waals surface area contributed by atoms with Crippen LogP contribution in [-0.2, 0) is 11.0 Å². The minimum absolute atomic E-state index is 0.00567. The SMILES string of the molecule is NC(=O)CN1CCCC(Nc2nnc(-c3ccc(C(F)(F)F)cc3O)c3ncccc23)C1. The Morgan fingerprint density at radius 2 is 2.09 bits per heavy atom. The molecule has 11 heteroatoms. The highest BCUT2D eigenvalue weighted by Gasteiger charge is 2.31. The summed E-state index contributed by atoms with van der Waals surface area (Å²) in [6, 6.07) is 6.19. The number of phenolic OH excluding ortho intramolecular Hbond substituents is 1. The quantitative estimate of drug-likeness (QED) is 0.552. The number of carbonyl (C=O) groups is 1. The summed E-state index contributed by atoms with van der Waals surface area (Å²) >= 11 is 0. The fourth-order valence-corrected chi connectivity index (χ4v) is 3.91. The van der Waals surface area contributed by atoms with Crippen molar-refractivity contribution >= 4 is 22.6 Å². The summed E-state index contributed by atoms with van der Waals surface area (Å²) in [6.07, 6.45) is -1.29. The number of likely N-dealkylation sites (tertiary alicyclic amines) is 1. The van der Waals surface area contributed by atoms with Crippen molar-refractivity contribution in [1.82, 2.24) is 20.1 Å². The molecular formula is C21H21F3N6O2. The molecule has 1 fully saturated rings. The number of alkyl halides is 3. The molecule has 2 aromatic heterocycles. The van der Waals surface area contributed by atoms with Gasteiger partial charge in [0.15, 0.2) is 5.82 Å². The van der Waals surface area contributed by atoms with Gasteiger partial charge in [0.05, 0.1) is 12.1 Å². The van der Waals surface area contributed by atoms with Crippen LogP contribution in [0, 0.1) is 0 Å². The van der Waals surface area contributed by atoms with Gasteiger partial charge in [-0.3, -0.25) is 14.7 Å². The van der Waals surface area contributed by atoms with Gasteiger partial charge < -0.3 is 16.2 Å². The van der Waals surface area contributed by atoms with E-state index >= 15 is 0 Å². The topological polar surface area (TPSA) is 117 Å². The fourth-order valence-electron chi connectivity index (χ4n) is 3.91. The lowest BCUT2D eigenvalue weighted by atomic mass is 10.0. The Hall–Kier alpha value is -3.47. The van der Waals surface area contributed by atoms with Crippen molar-refractivity contribution in [1.29, 1.82) is 0 Å². The maximum Gasteiger partial charge on any atom is 0.416 e. The summed E-state index contributed by atoms with van der Waals surface area (Å²) < 4.78 is 38.8. The standard InChI is InChI=1S/C21H21F3N6O2/c22-21(23,24)12-5-6-14(16(31)9-12)19-18-15(4-1-7-26-18)20(29-28-19)27-13-3-2-8-30(10-13)11-17(25)32/h1,4-7,9,13,31H,2-3,8,10-11H2,(H2,25,32)(H,27,29). The van der Waals surface area contributed by atoms with Gasteiger partial charge in [-0.05, 0) is 49.7 Å². The van der Waals surface area contributed by atoms with E-state index in [0.717, 1.165) is 31.5 Å². The van der Waals surface area contributed by atoms with Gasteiger partial charge in [0.1, 0.15) is 17.0 Å². The maximum atomic E-state index is 12.9. The van der Waals surface area contributed by atoms with Crippen molar-refractivity contribution in [2.24, 2.45) is 5.73 Å². The van der Waals surface area contributed by atoms with E-state index in [1.54, 1.807) is 12.1 Å². The molecule has 1 aromatic carbocycles. The van der Waals surface area contributed by atoms with Crippen LogP contribution in [0.3, 0.4) is 0 Å². The first-order valence-electron chi connectivity index (χ1n) is 10.0. The van der Waals surface area contributed by atoms with Crippen molar-refractivity contribution < 1.29 is 23.1 Å². The maximum absolute atomic E-state index is 12.9. The fraction of sp³-hybridized carbons (Fsp3) is 0.333. The number of aromatic hydroxyl groups is 1. The van der Waals surface area contributed by atoms with E-state index < -0.39 is 17.5 Å². The Morgan fingerprint density at radius 3 is 2.81 bits per heavy atom. The van der Waals surface area contributed by atoms with Gasteiger partial charge in [-0.15, -0.1) is 10.2 Å². The lowest BCUT2D eigenvalue weighted by Crippen LogP contribution is -2.45. The smallest absolute Gasteiger partial charge is 0.416 e. The van der Waals surface area contributed by atoms with Crippen LogP contribution in [0.4, 0.5) is 19.0 Å². The highest BCUT2D eigenvalue weighted by Crippen LogP contribution is 2.38. The molecule has 0 saturated carbocycles. The summed E-state index contributed by atoms with van der Waals surface area (Å²) in [4.78, 5) is 17.5. The van der Waals surface area contributed by atoms with Gasteiger partial charge in [0.25, 0.3) is 0 Å². The molecule has 1 amide bonds. The first-order valence-corrected chi connectivity index (χ1v) is 10.0. The number of anilines is 1. The van der Waals surface area contributed by atoms with E-state index in [-0.39, 0.29) is 29.8 Å². The van der Waals surface area contributed by atoms with Gasteiger partial charge in [-0.2, -0.15) is 13.2 Å². The molecule has 4 N–H and O–H groups in total. The largest absolute Gasteiger partial charge is 0.507 e. The van der Waals surface area contributed by atoms with Crippen LogP contribution >= 0.6 is 0 Å². The Bertz CT molecular complexity index is 1150. The number of carbonyl (C=O) groups excluding carboxylic acids is 1. The lowest BCUT2D eigenvalue weighted by Gasteiger charge is -2.32. The molecule has 0 bridgehead atoms. The molecule has 8 nitrogen and oxygen atoms in total. The molecule has 0 aliphatic carbocycles. The van der Waals surface area contributed by atoms with Gasteiger partial charge in [0, 0.05) is 29.7 Å². The van der Waals surface area contributed by atoms with Crippen LogP contribution in [0.5, 0.6) is 5.75 Å². The Morgan fingerprint density at radius 1 is 1.28 bits per heavy atom. The number of rotatable bonds is 5. The summed E-state index contributed by atoms with van der Waals surface area (Å²) in [6.45, 7) is 1.56. The molecule has 0 spiro atoms. The highest BCUT2D eigenvalue weighted by molar-refractivity contribution is 5.98. The third kappa shape index (κ3) is 4.57. The van der Waals surface area contributed by atoms with Crippen molar-refractivity contribution in [2.75, 3.05) is 25.0 Å². The van der Waals surface area contributed by atoms with Crippen LogP contribution in [0.25, 0.3) is 22.2 Å². The summed E-state index contributed by atoms with van der Waals surface area (Å²) in [5.41, 5.74) is 5.01. The number of phenols is 1. The highest BCUT2D eigenvalue weighted by atomic mass is 19.4. The molecule has 1 aliphatic rings. The molecule has 1 saturated heterocycles. The average molecular weight is 446 g/mol. The molecule has 0 radical (unpaired) electrons. The van der Waals surface area contributed by atoms with Gasteiger partial charge >= 0.3 is 6.18 Å². The molecule has 1 aliphatic heterocycles. The molecule has 3 heterocycles. The van der Waals surface area contributed by atoms with E-state index in [0.29, 0.717) is 29.3 Å². The van der Waals surface area contributed by atoms with Crippen molar-refractivity contribution in [3.8, 4) is 17.0 Å². The number of halogens is 3. The molecule has 1 atom stereocenters. The number of piperidine rings is 1. The first-order chi connectivity index (χ1) is 15.2. The number of pyridine rings is 1. The van der Waals surface area contributed by atoms with Crippen LogP contribution in [0.2, 0.25) is 0 Å². The lowest BCUT2D eigenvalue weighted by molar-refractivity contribution is -0.137. The van der Waals surface area contributed by atoms with Crippen molar-refractivity contribution in [3.63, 3.8) is 0 Å². The van der Waals surface area contributed by atoms with Gasteiger partial charge in [-0.1, -0.05) is 0 Å². The number of amides is 1. The molecule has 4 rings (SSSR count). The predicted octanol–water partition coefficient (Wildman–Crippen LogP) is 2.78. The van der Waals surface area contributed by atoms with Crippen molar-refractivity contribution in [3.05, 3.63) is 42.1 Å². The zero-order chi connectivity index (χ0) is 22.9. The van der Waals surface area contributed by atoms with E-state index in [2.05, 4.69) is 20.5 Å². The monoisotopic (exact) mass is 446 g/mol. The normalized spacial score (nSPS) is 17.4. The van der Waals surface area contributed by atoms with Crippen LogP contribution in [-0.4, -0.2) is 56.8 Å². The van der Waals surface area contributed by atoms with Gasteiger partial charge in [0.2, 0.25) is 5.91 Å². The van der Waals surface area contributed by atoms with E-state index in [4.69, 9.17) is 5.73 Å². The molecule has 1 unspecified atom stereocenters. The second-order valence-electron chi connectivity index (χ2n) is 7.71. The number of nitrogens with zero attached hydrogens (tertiary/aromatic N) is 4. The number of hydrogen-bond donors (Lipinski definition) is 3. The van der Waals surface area contributed by atoms with E-state index in [1.165, 1.54) is 6.20 Å². The second-order valence-corrected chi connectivity index (χ2v) is 7.71. The summed E-state index contributed by atoms with van der Waals surface area (Å²) in [5.74, 6) is -0.480. The number of primary amides is 1. The number of benzene rings is 1. The molecule has 3 aromatic rings. The zero-order valence-electron chi connectivity index (χ0n) is 16.9. The van der Waals surface area contributed by atoms with Gasteiger partial charge in [-0.25, -0.2) is 0 Å². The Kier molecular flexibility index (Phi) is 5.83.